The monoisotopic (exact) mass is 275 g/mol. The van der Waals surface area contributed by atoms with E-state index in [1.165, 1.54) is 4.90 Å². The molecule has 1 aromatic carbocycles. The van der Waals surface area contributed by atoms with Gasteiger partial charge in [-0.15, -0.1) is 0 Å². The highest BCUT2D eigenvalue weighted by atomic mass is 16.6. The van der Waals surface area contributed by atoms with Crippen LogP contribution in [0.4, 0.5) is 4.79 Å². The second kappa shape index (κ2) is 6.07. The Kier molecular flexibility index (Phi) is 4.42. The first kappa shape index (κ1) is 14.6. The summed E-state index contributed by atoms with van der Waals surface area (Å²) < 4.78 is 5.08. The maximum Gasteiger partial charge on any atom is 0.417 e. The number of hydrogen-bond acceptors (Lipinski definition) is 3. The van der Waals surface area contributed by atoms with E-state index in [0.29, 0.717) is 0 Å². The van der Waals surface area contributed by atoms with Gasteiger partial charge in [-0.05, 0) is 11.5 Å². The van der Waals surface area contributed by atoms with E-state index in [2.05, 4.69) is 0 Å². The molecule has 3 atom stereocenters. The van der Waals surface area contributed by atoms with Gasteiger partial charge in [-0.3, -0.25) is 4.79 Å². The van der Waals surface area contributed by atoms with Crippen LogP contribution >= 0.6 is 0 Å². The highest BCUT2D eigenvalue weighted by Gasteiger charge is 2.41. The topological polar surface area (TPSA) is 46.6 Å². The van der Waals surface area contributed by atoms with Crippen molar-refractivity contribution in [1.29, 1.82) is 0 Å². The van der Waals surface area contributed by atoms with Gasteiger partial charge >= 0.3 is 6.09 Å². The Hall–Kier alpha value is -1.84. The molecule has 1 aromatic rings. The summed E-state index contributed by atoms with van der Waals surface area (Å²) in [6, 6.07) is 9.25. The zero-order valence-electron chi connectivity index (χ0n) is 12.2. The first-order valence-electron chi connectivity index (χ1n) is 7.11. The summed E-state index contributed by atoms with van der Waals surface area (Å²) in [5, 5.41) is 0. The zero-order chi connectivity index (χ0) is 14.7. The number of nitrogens with zero attached hydrogens (tertiary/aromatic N) is 1. The lowest BCUT2D eigenvalue weighted by Crippen LogP contribution is -2.39. The highest BCUT2D eigenvalue weighted by molar-refractivity contribution is 5.94. The standard InChI is InChI=1S/C16H21NO3/c1-4-11(2)12(3)15(18)17-14(10-20-16(17)19)13-8-6-5-7-9-13/h5-9,11-12,14H,4,10H2,1-3H3/t11?,12?,14-/m1/s1. The summed E-state index contributed by atoms with van der Waals surface area (Å²) in [6.07, 6.45) is 0.380. The Morgan fingerprint density at radius 2 is 2.00 bits per heavy atom. The minimum Gasteiger partial charge on any atom is -0.446 e. The largest absolute Gasteiger partial charge is 0.446 e. The van der Waals surface area contributed by atoms with Crippen molar-refractivity contribution in [3.05, 3.63) is 35.9 Å². The molecule has 0 aliphatic carbocycles. The van der Waals surface area contributed by atoms with Crippen LogP contribution in [0.15, 0.2) is 30.3 Å². The van der Waals surface area contributed by atoms with E-state index in [1.807, 2.05) is 51.1 Å². The molecule has 4 nitrogen and oxygen atoms in total. The van der Waals surface area contributed by atoms with E-state index in [-0.39, 0.29) is 30.4 Å². The van der Waals surface area contributed by atoms with Crippen LogP contribution in [-0.4, -0.2) is 23.5 Å². The molecule has 108 valence electrons. The second-order valence-electron chi connectivity index (χ2n) is 5.39. The normalized spacial score (nSPS) is 21.4. The van der Waals surface area contributed by atoms with Gasteiger partial charge in [0.15, 0.2) is 0 Å². The van der Waals surface area contributed by atoms with Gasteiger partial charge in [0.05, 0.1) is 0 Å². The molecule has 2 amide bonds. The molecular weight excluding hydrogens is 254 g/mol. The molecule has 0 aromatic heterocycles. The fraction of sp³-hybridized carbons (Fsp3) is 0.500. The van der Waals surface area contributed by atoms with E-state index < -0.39 is 6.09 Å². The number of amides is 2. The van der Waals surface area contributed by atoms with E-state index in [4.69, 9.17) is 4.74 Å². The van der Waals surface area contributed by atoms with Crippen LogP contribution in [0.3, 0.4) is 0 Å². The van der Waals surface area contributed by atoms with Crippen LogP contribution < -0.4 is 0 Å². The van der Waals surface area contributed by atoms with Crippen molar-refractivity contribution in [1.82, 2.24) is 4.90 Å². The number of hydrogen-bond donors (Lipinski definition) is 0. The smallest absolute Gasteiger partial charge is 0.417 e. The Morgan fingerprint density at radius 3 is 2.60 bits per heavy atom. The average Bonchev–Trinajstić information content (AvgIpc) is 2.87. The summed E-state index contributed by atoms with van der Waals surface area (Å²) >= 11 is 0. The molecule has 0 N–H and O–H groups in total. The van der Waals surface area contributed by atoms with Gasteiger partial charge in [0.2, 0.25) is 5.91 Å². The summed E-state index contributed by atoms with van der Waals surface area (Å²) in [5.74, 6) is -0.0834. The minimum absolute atomic E-state index is 0.143. The van der Waals surface area contributed by atoms with Crippen LogP contribution in [-0.2, 0) is 9.53 Å². The predicted octanol–water partition coefficient (Wildman–Crippen LogP) is 3.39. The van der Waals surface area contributed by atoms with Gasteiger partial charge in [-0.2, -0.15) is 0 Å². The Balaban J connectivity index is 2.23. The summed E-state index contributed by atoms with van der Waals surface area (Å²) in [6.45, 7) is 6.19. The molecule has 2 unspecified atom stereocenters. The van der Waals surface area contributed by atoms with Gasteiger partial charge in [-0.25, -0.2) is 9.69 Å². The van der Waals surface area contributed by atoms with Crippen molar-refractivity contribution in [2.24, 2.45) is 11.8 Å². The summed E-state index contributed by atoms with van der Waals surface area (Å²) in [5.41, 5.74) is 0.933. The molecule has 1 aliphatic heterocycles. The third-order valence-electron chi connectivity index (χ3n) is 4.18. The molecule has 1 saturated heterocycles. The van der Waals surface area contributed by atoms with Crippen molar-refractivity contribution < 1.29 is 14.3 Å². The minimum atomic E-state index is -0.529. The lowest BCUT2D eigenvalue weighted by molar-refractivity contribution is -0.134. The fourth-order valence-corrected chi connectivity index (χ4v) is 2.40. The third kappa shape index (κ3) is 2.69. The van der Waals surface area contributed by atoms with Gasteiger partial charge < -0.3 is 4.74 Å². The van der Waals surface area contributed by atoms with E-state index in [9.17, 15) is 9.59 Å². The van der Waals surface area contributed by atoms with Crippen molar-refractivity contribution in [2.75, 3.05) is 6.61 Å². The zero-order valence-corrected chi connectivity index (χ0v) is 12.2. The van der Waals surface area contributed by atoms with E-state index in [1.54, 1.807) is 0 Å². The molecule has 1 heterocycles. The van der Waals surface area contributed by atoms with Gasteiger partial charge in [0.1, 0.15) is 12.6 Å². The predicted molar refractivity (Wildman–Crippen MR) is 76.0 cm³/mol. The van der Waals surface area contributed by atoms with Crippen LogP contribution in [0.5, 0.6) is 0 Å². The van der Waals surface area contributed by atoms with Crippen LogP contribution in [0.2, 0.25) is 0 Å². The Bertz CT molecular complexity index is 486. The number of carbonyl (C=O) groups excluding carboxylic acids is 2. The lowest BCUT2D eigenvalue weighted by atomic mass is 9.91. The number of cyclic esters (lactones) is 1. The quantitative estimate of drug-likeness (QED) is 0.846. The van der Waals surface area contributed by atoms with E-state index in [0.717, 1.165) is 12.0 Å². The SMILES string of the molecule is CCC(C)C(C)C(=O)N1C(=O)OC[C@@H]1c1ccccc1. The molecule has 4 heteroatoms. The maximum atomic E-state index is 12.6. The maximum absolute atomic E-state index is 12.6. The molecule has 0 saturated carbocycles. The van der Waals surface area contributed by atoms with Crippen molar-refractivity contribution in [2.45, 2.75) is 33.2 Å². The van der Waals surface area contributed by atoms with Gasteiger partial charge in [0, 0.05) is 5.92 Å². The molecule has 20 heavy (non-hydrogen) atoms. The average molecular weight is 275 g/mol. The first-order valence-corrected chi connectivity index (χ1v) is 7.11. The van der Waals surface area contributed by atoms with Gasteiger partial charge in [-0.1, -0.05) is 57.5 Å². The lowest BCUT2D eigenvalue weighted by Gasteiger charge is -2.25. The molecule has 0 radical (unpaired) electrons. The van der Waals surface area contributed by atoms with Crippen molar-refractivity contribution in [3.63, 3.8) is 0 Å². The van der Waals surface area contributed by atoms with Crippen LogP contribution in [0.25, 0.3) is 0 Å². The van der Waals surface area contributed by atoms with E-state index >= 15 is 0 Å². The molecule has 0 spiro atoms. The summed E-state index contributed by atoms with van der Waals surface area (Å²) in [7, 11) is 0. The number of carbonyl (C=O) groups is 2. The second-order valence-corrected chi connectivity index (χ2v) is 5.39. The number of imide groups is 1. The third-order valence-corrected chi connectivity index (χ3v) is 4.18. The summed E-state index contributed by atoms with van der Waals surface area (Å²) in [4.78, 5) is 25.7. The van der Waals surface area contributed by atoms with Gasteiger partial charge in [0.25, 0.3) is 0 Å². The Morgan fingerprint density at radius 1 is 1.35 bits per heavy atom. The highest BCUT2D eigenvalue weighted by Crippen LogP contribution is 2.30. The number of ether oxygens (including phenoxy) is 1. The van der Waals surface area contributed by atoms with Crippen LogP contribution in [0, 0.1) is 11.8 Å². The Labute approximate surface area is 119 Å². The number of benzene rings is 1. The molecular formula is C16H21NO3. The molecule has 1 fully saturated rings. The van der Waals surface area contributed by atoms with Crippen LogP contribution in [0.1, 0.15) is 38.8 Å². The number of rotatable bonds is 4. The fourth-order valence-electron chi connectivity index (χ4n) is 2.40. The molecule has 2 rings (SSSR count). The molecule has 0 bridgehead atoms. The first-order chi connectivity index (χ1) is 9.56. The van der Waals surface area contributed by atoms with Crippen molar-refractivity contribution in [3.8, 4) is 0 Å². The molecule has 1 aliphatic rings. The van der Waals surface area contributed by atoms with Crippen molar-refractivity contribution >= 4 is 12.0 Å².